The van der Waals surface area contributed by atoms with Gasteiger partial charge in [-0.15, -0.1) is 0 Å². The summed E-state index contributed by atoms with van der Waals surface area (Å²) in [6.45, 7) is 14.0. The van der Waals surface area contributed by atoms with E-state index in [9.17, 15) is 0 Å². The second kappa shape index (κ2) is 4.78. The van der Waals surface area contributed by atoms with Crippen molar-refractivity contribution in [2.45, 2.75) is 51.4 Å². The van der Waals surface area contributed by atoms with Gasteiger partial charge in [0.2, 0.25) is 0 Å². The van der Waals surface area contributed by atoms with Crippen LogP contribution in [-0.4, -0.2) is 22.0 Å². The van der Waals surface area contributed by atoms with E-state index in [4.69, 9.17) is 13.9 Å². The summed E-state index contributed by atoms with van der Waals surface area (Å²) < 4.78 is 17.8. The fourth-order valence-electron chi connectivity index (χ4n) is 2.27. The number of hydrogen-bond donors (Lipinski definition) is 0. The molecular weight excluding hydrogens is 268 g/mol. The van der Waals surface area contributed by atoms with Crippen LogP contribution in [0, 0.1) is 0 Å². The first-order valence-electron chi connectivity index (χ1n) is 7.11. The Bertz CT molecular complexity index is 505. The van der Waals surface area contributed by atoms with Crippen molar-refractivity contribution >= 4 is 8.32 Å². The molecule has 0 saturated heterocycles. The van der Waals surface area contributed by atoms with E-state index in [1.54, 1.807) is 7.11 Å². The van der Waals surface area contributed by atoms with Crippen molar-refractivity contribution in [1.29, 1.82) is 0 Å². The van der Waals surface area contributed by atoms with Crippen LogP contribution in [0.25, 0.3) is 0 Å². The van der Waals surface area contributed by atoms with Crippen molar-refractivity contribution in [3.05, 3.63) is 23.8 Å². The van der Waals surface area contributed by atoms with Gasteiger partial charge in [0.05, 0.1) is 7.11 Å². The highest BCUT2D eigenvalue weighted by molar-refractivity contribution is 6.74. The Morgan fingerprint density at radius 1 is 1.25 bits per heavy atom. The number of benzene rings is 1. The molecule has 1 aliphatic rings. The Morgan fingerprint density at radius 2 is 1.90 bits per heavy atom. The summed E-state index contributed by atoms with van der Waals surface area (Å²) in [6.07, 6.45) is 0. The molecule has 0 unspecified atom stereocenters. The van der Waals surface area contributed by atoms with Gasteiger partial charge in [-0.05, 0) is 43.3 Å². The summed E-state index contributed by atoms with van der Waals surface area (Å²) in [7, 11) is -0.175. The molecule has 1 heterocycles. The highest BCUT2D eigenvalue weighted by Gasteiger charge is 2.47. The standard InChI is InChI=1S/C16H26O3Si/c1-15(2,3)20(6,7)19-16(4)11-18-14-9-8-12(17-5)10-13(14)16/h8-10H,11H2,1-7H3/t16-/m0/s1. The zero-order chi connectivity index (χ0) is 15.2. The molecule has 0 aromatic heterocycles. The van der Waals surface area contributed by atoms with Crippen LogP contribution >= 0.6 is 0 Å². The lowest BCUT2D eigenvalue weighted by atomic mass is 9.98. The second-order valence-corrected chi connectivity index (χ2v) is 12.0. The minimum Gasteiger partial charge on any atom is -0.497 e. The van der Waals surface area contributed by atoms with Crippen LogP contribution < -0.4 is 9.47 Å². The number of methoxy groups -OCH3 is 1. The fourth-order valence-corrected chi connectivity index (χ4v) is 3.87. The molecule has 0 saturated carbocycles. The van der Waals surface area contributed by atoms with E-state index in [-0.39, 0.29) is 10.6 Å². The lowest BCUT2D eigenvalue weighted by Crippen LogP contribution is -2.48. The van der Waals surface area contributed by atoms with E-state index in [2.05, 4.69) is 40.8 Å². The third-order valence-electron chi connectivity index (χ3n) is 4.55. The Kier molecular flexibility index (Phi) is 3.67. The molecule has 0 bridgehead atoms. The molecule has 1 aromatic rings. The van der Waals surface area contributed by atoms with Crippen molar-refractivity contribution < 1.29 is 13.9 Å². The lowest BCUT2D eigenvalue weighted by Gasteiger charge is -2.42. The summed E-state index contributed by atoms with van der Waals surface area (Å²) in [5.41, 5.74) is 0.717. The van der Waals surface area contributed by atoms with E-state index in [0.717, 1.165) is 17.1 Å². The Morgan fingerprint density at radius 3 is 2.45 bits per heavy atom. The molecule has 20 heavy (non-hydrogen) atoms. The normalized spacial score (nSPS) is 22.4. The van der Waals surface area contributed by atoms with Gasteiger partial charge in [-0.25, -0.2) is 0 Å². The van der Waals surface area contributed by atoms with Gasteiger partial charge in [0.15, 0.2) is 8.32 Å². The molecule has 0 amide bonds. The SMILES string of the molecule is COc1ccc2c(c1)[C@@](C)(O[Si](C)(C)C(C)(C)C)CO2. The quantitative estimate of drug-likeness (QED) is 0.777. The minimum atomic E-state index is -1.86. The Hall–Kier alpha value is -1.00. The van der Waals surface area contributed by atoms with Gasteiger partial charge >= 0.3 is 0 Å². The number of fused-ring (bicyclic) bond motifs is 1. The first-order valence-corrected chi connectivity index (χ1v) is 10.0. The van der Waals surface area contributed by atoms with E-state index in [0.29, 0.717) is 6.61 Å². The lowest BCUT2D eigenvalue weighted by molar-refractivity contribution is 0.0465. The molecule has 0 radical (unpaired) electrons. The zero-order valence-electron chi connectivity index (χ0n) is 13.7. The molecule has 0 N–H and O–H groups in total. The second-order valence-electron chi connectivity index (χ2n) is 7.24. The topological polar surface area (TPSA) is 27.7 Å². The average Bonchev–Trinajstić information content (AvgIpc) is 2.64. The predicted molar refractivity (Wildman–Crippen MR) is 84.1 cm³/mol. The highest BCUT2D eigenvalue weighted by atomic mass is 28.4. The number of hydrogen-bond acceptors (Lipinski definition) is 3. The van der Waals surface area contributed by atoms with Gasteiger partial charge in [0, 0.05) is 5.56 Å². The molecule has 2 rings (SSSR count). The highest BCUT2D eigenvalue weighted by Crippen LogP contribution is 2.47. The van der Waals surface area contributed by atoms with E-state index in [1.165, 1.54) is 0 Å². The maximum Gasteiger partial charge on any atom is 0.193 e. The largest absolute Gasteiger partial charge is 0.497 e. The zero-order valence-corrected chi connectivity index (χ0v) is 14.7. The van der Waals surface area contributed by atoms with Crippen LogP contribution in [0.1, 0.15) is 33.3 Å². The third-order valence-corrected chi connectivity index (χ3v) is 9.12. The van der Waals surface area contributed by atoms with Crippen molar-refractivity contribution in [2.24, 2.45) is 0 Å². The van der Waals surface area contributed by atoms with Crippen molar-refractivity contribution in [3.63, 3.8) is 0 Å². The van der Waals surface area contributed by atoms with Gasteiger partial charge in [-0.3, -0.25) is 0 Å². The summed E-state index contributed by atoms with van der Waals surface area (Å²) in [6, 6.07) is 5.93. The van der Waals surface area contributed by atoms with Gasteiger partial charge in [-0.1, -0.05) is 20.8 Å². The maximum absolute atomic E-state index is 6.64. The first-order chi connectivity index (χ1) is 9.09. The number of ether oxygens (including phenoxy) is 2. The molecule has 3 nitrogen and oxygen atoms in total. The number of rotatable bonds is 3. The van der Waals surface area contributed by atoms with E-state index >= 15 is 0 Å². The molecular formula is C16H26O3Si. The molecule has 1 aliphatic heterocycles. The maximum atomic E-state index is 6.64. The van der Waals surface area contributed by atoms with Crippen molar-refractivity contribution in [3.8, 4) is 11.5 Å². The van der Waals surface area contributed by atoms with Crippen LogP contribution in [0.15, 0.2) is 18.2 Å². The Balaban J connectivity index is 2.36. The molecule has 0 fully saturated rings. The van der Waals surface area contributed by atoms with Gasteiger partial charge in [0.25, 0.3) is 0 Å². The van der Waals surface area contributed by atoms with E-state index in [1.807, 2.05) is 18.2 Å². The molecule has 1 atom stereocenters. The summed E-state index contributed by atoms with van der Waals surface area (Å²) in [4.78, 5) is 0. The van der Waals surface area contributed by atoms with Crippen LogP contribution in [-0.2, 0) is 10.0 Å². The monoisotopic (exact) mass is 294 g/mol. The van der Waals surface area contributed by atoms with Crippen LogP contribution in [0.5, 0.6) is 11.5 Å². The van der Waals surface area contributed by atoms with Crippen molar-refractivity contribution in [2.75, 3.05) is 13.7 Å². The van der Waals surface area contributed by atoms with Gasteiger partial charge in [-0.2, -0.15) is 0 Å². The van der Waals surface area contributed by atoms with Gasteiger partial charge in [0.1, 0.15) is 23.7 Å². The van der Waals surface area contributed by atoms with Crippen LogP contribution in [0.4, 0.5) is 0 Å². The minimum absolute atomic E-state index is 0.178. The summed E-state index contributed by atoms with van der Waals surface area (Å²) >= 11 is 0. The van der Waals surface area contributed by atoms with Crippen molar-refractivity contribution in [1.82, 2.24) is 0 Å². The molecule has 0 aliphatic carbocycles. The fraction of sp³-hybridized carbons (Fsp3) is 0.625. The third kappa shape index (κ3) is 2.59. The summed E-state index contributed by atoms with van der Waals surface area (Å²) in [5.74, 6) is 1.76. The van der Waals surface area contributed by atoms with Crippen LogP contribution in [0.2, 0.25) is 18.1 Å². The van der Waals surface area contributed by atoms with Gasteiger partial charge < -0.3 is 13.9 Å². The van der Waals surface area contributed by atoms with Crippen LogP contribution in [0.3, 0.4) is 0 Å². The summed E-state index contributed by atoms with van der Waals surface area (Å²) in [5, 5.41) is 0.178. The van der Waals surface area contributed by atoms with E-state index < -0.39 is 8.32 Å². The predicted octanol–water partition coefficient (Wildman–Crippen LogP) is 4.32. The Labute approximate surface area is 123 Å². The molecule has 1 aromatic carbocycles. The molecule has 0 spiro atoms. The smallest absolute Gasteiger partial charge is 0.193 e. The first kappa shape index (κ1) is 15.4. The average molecular weight is 294 g/mol. The molecule has 4 heteroatoms. The molecule has 112 valence electrons.